The van der Waals surface area contributed by atoms with E-state index in [4.69, 9.17) is 15.5 Å². The van der Waals surface area contributed by atoms with Crippen molar-refractivity contribution in [3.63, 3.8) is 0 Å². The third-order valence-electron chi connectivity index (χ3n) is 6.08. The largest absolute Gasteiger partial charge is 0.433 e. The molecule has 1 aliphatic rings. The molecular weight excluding hydrogens is 491 g/mol. The molecule has 1 fully saturated rings. The zero-order valence-corrected chi connectivity index (χ0v) is 19.8. The summed E-state index contributed by atoms with van der Waals surface area (Å²) in [6.07, 6.45) is -1.11. The molecule has 1 aliphatic heterocycles. The van der Waals surface area contributed by atoms with Crippen LogP contribution in [0.2, 0.25) is 0 Å². The van der Waals surface area contributed by atoms with E-state index in [1.807, 2.05) is 35.7 Å². The normalized spacial score (nSPS) is 18.3. The van der Waals surface area contributed by atoms with E-state index in [-0.39, 0.29) is 35.4 Å². The Hall–Kier alpha value is -3.57. The minimum atomic E-state index is -4.59. The van der Waals surface area contributed by atoms with Crippen LogP contribution < -0.4 is 5.73 Å². The molecular formula is C25H22F3N5O2S. The maximum Gasteiger partial charge on any atom is 0.433 e. The van der Waals surface area contributed by atoms with E-state index in [0.717, 1.165) is 27.0 Å². The van der Waals surface area contributed by atoms with Gasteiger partial charge in [-0.2, -0.15) is 18.3 Å². The van der Waals surface area contributed by atoms with E-state index in [1.54, 1.807) is 0 Å². The molecule has 0 aliphatic carbocycles. The molecule has 36 heavy (non-hydrogen) atoms. The molecule has 5 rings (SSSR count). The monoisotopic (exact) mass is 513 g/mol. The molecule has 4 heterocycles. The quantitative estimate of drug-likeness (QED) is 0.375. The Labute approximate surface area is 208 Å². The number of alkyl halides is 3. The maximum absolute atomic E-state index is 13.9. The zero-order chi connectivity index (χ0) is 25.3. The third kappa shape index (κ3) is 5.17. The molecule has 7 nitrogen and oxygen atoms in total. The molecule has 1 aromatic carbocycles. The highest BCUT2D eigenvalue weighted by molar-refractivity contribution is 7.10. The first kappa shape index (κ1) is 24.1. The van der Waals surface area contributed by atoms with Gasteiger partial charge in [-0.1, -0.05) is 30.3 Å². The molecule has 2 unspecified atom stereocenters. The third-order valence-corrected chi connectivity index (χ3v) is 7.02. The molecule has 0 bridgehead atoms. The summed E-state index contributed by atoms with van der Waals surface area (Å²) < 4.78 is 48.5. The minimum Gasteiger partial charge on any atom is -0.371 e. The van der Waals surface area contributed by atoms with Crippen molar-refractivity contribution in [3.8, 4) is 22.5 Å². The lowest BCUT2D eigenvalue weighted by molar-refractivity contribution is -0.144. The molecule has 0 saturated carbocycles. The molecule has 186 valence electrons. The second-order valence-corrected chi connectivity index (χ2v) is 9.50. The number of aromatic nitrogens is 4. The molecule has 0 radical (unpaired) electrons. The van der Waals surface area contributed by atoms with Gasteiger partial charge in [-0.15, -0.1) is 11.3 Å². The number of rotatable bonds is 6. The van der Waals surface area contributed by atoms with Gasteiger partial charge in [-0.05, 0) is 30.9 Å². The predicted molar refractivity (Wildman–Crippen MR) is 128 cm³/mol. The zero-order valence-electron chi connectivity index (χ0n) is 19.0. The van der Waals surface area contributed by atoms with E-state index >= 15 is 0 Å². The van der Waals surface area contributed by atoms with Crippen molar-refractivity contribution < 1.29 is 22.7 Å². The first-order chi connectivity index (χ1) is 17.3. The lowest BCUT2D eigenvalue weighted by Gasteiger charge is -2.28. The van der Waals surface area contributed by atoms with Crippen LogP contribution in [-0.4, -0.2) is 32.3 Å². The smallest absolute Gasteiger partial charge is 0.371 e. The minimum absolute atomic E-state index is 0.0777. The number of hydrogen-bond acceptors (Lipinski definition) is 6. The van der Waals surface area contributed by atoms with E-state index in [9.17, 15) is 18.0 Å². The molecule has 2 atom stereocenters. The van der Waals surface area contributed by atoms with Crippen LogP contribution in [0.5, 0.6) is 0 Å². The summed E-state index contributed by atoms with van der Waals surface area (Å²) in [4.78, 5) is 20.1. The van der Waals surface area contributed by atoms with Gasteiger partial charge in [0.05, 0.1) is 17.0 Å². The van der Waals surface area contributed by atoms with Gasteiger partial charge in [-0.3, -0.25) is 14.5 Å². The van der Waals surface area contributed by atoms with Crippen LogP contribution in [0.3, 0.4) is 0 Å². The average molecular weight is 514 g/mol. The number of hydrogen-bond donors (Lipinski definition) is 1. The van der Waals surface area contributed by atoms with Gasteiger partial charge >= 0.3 is 6.18 Å². The van der Waals surface area contributed by atoms with E-state index in [2.05, 4.69) is 10.1 Å². The van der Waals surface area contributed by atoms with Crippen LogP contribution in [0, 0.1) is 5.92 Å². The number of amides is 1. The Morgan fingerprint density at radius 1 is 1.14 bits per heavy atom. The van der Waals surface area contributed by atoms with Gasteiger partial charge < -0.3 is 10.5 Å². The van der Waals surface area contributed by atoms with Crippen molar-refractivity contribution >= 4 is 17.2 Å². The van der Waals surface area contributed by atoms with Gasteiger partial charge in [0.1, 0.15) is 16.8 Å². The molecule has 3 aromatic heterocycles. The highest BCUT2D eigenvalue weighted by Crippen LogP contribution is 2.38. The number of thiazole rings is 1. The topological polar surface area (TPSA) is 95.9 Å². The molecule has 0 spiro atoms. The fourth-order valence-corrected chi connectivity index (χ4v) is 5.15. The first-order valence-electron chi connectivity index (χ1n) is 11.3. The van der Waals surface area contributed by atoms with E-state index in [1.165, 1.54) is 29.8 Å². The second-order valence-electron chi connectivity index (χ2n) is 8.61. The summed E-state index contributed by atoms with van der Waals surface area (Å²) in [6.45, 7) is 0.504. The fraction of sp³-hybridized carbons (Fsp3) is 0.280. The number of benzene rings is 1. The summed E-state index contributed by atoms with van der Waals surface area (Å²) in [7, 11) is 0. The summed E-state index contributed by atoms with van der Waals surface area (Å²) in [6, 6.07) is 12.1. The van der Waals surface area contributed by atoms with Crippen molar-refractivity contribution in [3.05, 3.63) is 76.5 Å². The summed E-state index contributed by atoms with van der Waals surface area (Å²) in [5.41, 5.74) is 6.74. The summed E-state index contributed by atoms with van der Waals surface area (Å²) in [5.74, 6) is -0.803. The SMILES string of the molecule is NC(=O)c1cncc(-c2cc(C(F)(F)F)n(CC3CCOC(c4nc(-c5ccccc5)cs4)C3)n2)c1. The number of pyridine rings is 1. The highest BCUT2D eigenvalue weighted by Gasteiger charge is 2.37. The average Bonchev–Trinajstić information content (AvgIpc) is 3.53. The van der Waals surface area contributed by atoms with Crippen LogP contribution in [0.25, 0.3) is 22.5 Å². The number of carbonyl (C=O) groups is 1. The van der Waals surface area contributed by atoms with Gasteiger partial charge in [0.15, 0.2) is 0 Å². The Balaban J connectivity index is 1.37. The lowest BCUT2D eigenvalue weighted by atomic mass is 9.95. The highest BCUT2D eigenvalue weighted by atomic mass is 32.1. The van der Waals surface area contributed by atoms with E-state index in [0.29, 0.717) is 19.4 Å². The van der Waals surface area contributed by atoms with Gasteiger partial charge in [0, 0.05) is 42.1 Å². The van der Waals surface area contributed by atoms with Crippen LogP contribution in [-0.2, 0) is 17.5 Å². The second kappa shape index (κ2) is 9.82. The number of halogens is 3. The number of primary amides is 1. The Morgan fingerprint density at radius 3 is 2.69 bits per heavy atom. The molecule has 4 aromatic rings. The molecule has 11 heteroatoms. The van der Waals surface area contributed by atoms with Crippen LogP contribution >= 0.6 is 11.3 Å². The molecule has 1 amide bonds. The Kier molecular flexibility index (Phi) is 6.59. The summed E-state index contributed by atoms with van der Waals surface area (Å²) >= 11 is 1.49. The van der Waals surface area contributed by atoms with Crippen LogP contribution in [0.1, 0.15) is 40.0 Å². The van der Waals surface area contributed by atoms with Crippen molar-refractivity contribution in [1.29, 1.82) is 0 Å². The van der Waals surface area contributed by atoms with Gasteiger partial charge in [0.2, 0.25) is 5.91 Å². The van der Waals surface area contributed by atoms with Crippen molar-refractivity contribution in [2.24, 2.45) is 11.7 Å². The number of carbonyl (C=O) groups excluding carboxylic acids is 1. The van der Waals surface area contributed by atoms with Gasteiger partial charge in [0.25, 0.3) is 0 Å². The Morgan fingerprint density at radius 2 is 1.94 bits per heavy atom. The van der Waals surface area contributed by atoms with Crippen molar-refractivity contribution in [1.82, 2.24) is 19.7 Å². The Bertz CT molecular complexity index is 1370. The lowest BCUT2D eigenvalue weighted by Crippen LogP contribution is -2.26. The standard InChI is InChI=1S/C25H22F3N5O2S/c26-25(27,28)22-10-19(17-9-18(23(29)34)12-30-11-17)32-33(22)13-15-6-7-35-21(8-15)24-31-20(14-36-24)16-4-2-1-3-5-16/h1-5,9-12,14-15,21H,6-8,13H2,(H2,29,34). The van der Waals surface area contributed by atoms with Crippen LogP contribution in [0.4, 0.5) is 13.2 Å². The van der Waals surface area contributed by atoms with Gasteiger partial charge in [-0.25, -0.2) is 4.98 Å². The number of nitrogens with zero attached hydrogens (tertiary/aromatic N) is 4. The maximum atomic E-state index is 13.9. The number of ether oxygens (including phenoxy) is 1. The predicted octanol–water partition coefficient (Wildman–Crippen LogP) is 5.35. The molecule has 1 saturated heterocycles. The summed E-state index contributed by atoms with van der Waals surface area (Å²) in [5, 5.41) is 7.01. The first-order valence-corrected chi connectivity index (χ1v) is 12.2. The molecule has 2 N–H and O–H groups in total. The van der Waals surface area contributed by atoms with E-state index < -0.39 is 17.8 Å². The van der Waals surface area contributed by atoms with Crippen molar-refractivity contribution in [2.45, 2.75) is 31.7 Å². The van der Waals surface area contributed by atoms with Crippen LogP contribution in [0.15, 0.2) is 60.2 Å². The van der Waals surface area contributed by atoms with Crippen molar-refractivity contribution in [2.75, 3.05) is 6.61 Å². The number of nitrogens with two attached hydrogens (primary N) is 1. The fourth-order valence-electron chi connectivity index (χ4n) is 4.27.